The first kappa shape index (κ1) is 25.0. The molecule has 1 fully saturated rings. The first-order valence-corrected chi connectivity index (χ1v) is 12.7. The number of benzene rings is 2. The number of carbonyl (C=O) groups excluding carboxylic acids is 1. The molecule has 0 bridgehead atoms. The smallest absolute Gasteiger partial charge is 0.402 e. The summed E-state index contributed by atoms with van der Waals surface area (Å²) in [5.74, 6) is -0.531. The minimum atomic E-state index is -4.64. The van der Waals surface area contributed by atoms with Crippen LogP contribution in [0.4, 0.5) is 29.9 Å². The van der Waals surface area contributed by atoms with Crippen LogP contribution in [0.2, 0.25) is 0 Å². The number of alkyl halides is 3. The topological polar surface area (TPSA) is 127 Å². The Morgan fingerprint density at radius 1 is 1.05 bits per heavy atom. The number of hydrogen-bond acceptors (Lipinski definition) is 10. The summed E-state index contributed by atoms with van der Waals surface area (Å²) >= 11 is 0.455. The zero-order chi connectivity index (χ0) is 27.0. The van der Waals surface area contributed by atoms with Crippen LogP contribution >= 0.6 is 11.3 Å². The molecule has 2 aliphatic rings. The number of halogens is 3. The maximum atomic E-state index is 13.4. The van der Waals surface area contributed by atoms with Crippen molar-refractivity contribution in [3.8, 4) is 11.6 Å². The van der Waals surface area contributed by atoms with Crippen molar-refractivity contribution in [2.45, 2.75) is 12.3 Å². The third-order valence-electron chi connectivity index (χ3n) is 6.01. The quantitative estimate of drug-likeness (QED) is 0.304. The molecular weight excluding hydrogens is 535 g/mol. The predicted molar refractivity (Wildman–Crippen MR) is 138 cm³/mol. The first-order chi connectivity index (χ1) is 18.8. The van der Waals surface area contributed by atoms with Gasteiger partial charge in [0.05, 0.1) is 24.6 Å². The number of aromatic nitrogens is 3. The molecule has 1 saturated heterocycles. The fourth-order valence-electron chi connectivity index (χ4n) is 4.02. The highest BCUT2D eigenvalue weighted by Crippen LogP contribution is 2.41. The lowest BCUT2D eigenvalue weighted by atomic mass is 10.0. The van der Waals surface area contributed by atoms with Crippen molar-refractivity contribution in [3.05, 3.63) is 70.7 Å². The van der Waals surface area contributed by atoms with Crippen molar-refractivity contribution in [2.75, 3.05) is 35.7 Å². The monoisotopic (exact) mass is 555 g/mol. The summed E-state index contributed by atoms with van der Waals surface area (Å²) in [6, 6.07) is 16.4. The molecule has 200 valence electrons. The third kappa shape index (κ3) is 5.20. The van der Waals surface area contributed by atoms with Crippen LogP contribution in [-0.4, -0.2) is 52.7 Å². The summed E-state index contributed by atoms with van der Waals surface area (Å²) in [4.78, 5) is 21.4. The zero-order valence-corrected chi connectivity index (χ0v) is 20.8. The van der Waals surface area contributed by atoms with Crippen molar-refractivity contribution in [3.63, 3.8) is 0 Å². The van der Waals surface area contributed by atoms with E-state index in [2.05, 4.69) is 36.1 Å². The van der Waals surface area contributed by atoms with Crippen LogP contribution in [0.15, 0.2) is 64.0 Å². The van der Waals surface area contributed by atoms with E-state index < -0.39 is 23.3 Å². The number of amides is 1. The average Bonchev–Trinajstić information content (AvgIpc) is 3.50. The van der Waals surface area contributed by atoms with Crippen molar-refractivity contribution in [1.29, 1.82) is 0 Å². The number of nitrogens with zero attached hydrogens (tertiary/aromatic N) is 4. The fraction of sp³-hybridized carbons (Fsp3) is 0.240. The maximum absolute atomic E-state index is 13.4. The number of benzodiazepines with no additional fused rings is 1. The first-order valence-electron chi connectivity index (χ1n) is 11.9. The van der Waals surface area contributed by atoms with Crippen LogP contribution in [0.3, 0.4) is 0 Å². The molecule has 0 spiro atoms. The number of nitrogens with one attached hydrogen (secondary N) is 3. The highest BCUT2D eigenvalue weighted by molar-refractivity contribution is 7.16. The second-order valence-electron chi connectivity index (χ2n) is 8.82. The molecule has 3 N–H and O–H groups in total. The Balaban J connectivity index is 1.30. The number of rotatable bonds is 7. The number of hydrogen-bond donors (Lipinski definition) is 3. The van der Waals surface area contributed by atoms with Gasteiger partial charge in [-0.05, 0) is 6.07 Å². The van der Waals surface area contributed by atoms with Crippen LogP contribution in [0.25, 0.3) is 11.6 Å². The van der Waals surface area contributed by atoms with Crippen LogP contribution in [0.5, 0.6) is 0 Å². The molecule has 1 unspecified atom stereocenters. The Bertz CT molecular complexity index is 1530. The van der Waals surface area contributed by atoms with Crippen molar-refractivity contribution in [2.24, 2.45) is 10.9 Å². The number of carbonyl (C=O) groups is 1. The lowest BCUT2D eigenvalue weighted by Gasteiger charge is -2.26. The second-order valence-corrected chi connectivity index (χ2v) is 9.82. The lowest BCUT2D eigenvalue weighted by Crippen LogP contribution is -2.33. The molecule has 1 amide bonds. The fourth-order valence-corrected chi connectivity index (χ4v) is 4.85. The Labute approximate surface area is 223 Å². The van der Waals surface area contributed by atoms with E-state index in [4.69, 9.17) is 9.15 Å². The van der Waals surface area contributed by atoms with E-state index in [0.29, 0.717) is 42.5 Å². The van der Waals surface area contributed by atoms with Gasteiger partial charge in [-0.2, -0.15) is 13.2 Å². The van der Waals surface area contributed by atoms with Gasteiger partial charge in [0.15, 0.2) is 5.69 Å². The normalized spacial score (nSPS) is 17.5. The van der Waals surface area contributed by atoms with Crippen LogP contribution in [0.1, 0.15) is 16.1 Å². The molecule has 2 aromatic carbocycles. The number of anilines is 3. The summed E-state index contributed by atoms with van der Waals surface area (Å²) in [5.41, 5.74) is 2.52. The van der Waals surface area contributed by atoms with Crippen LogP contribution in [0, 0.1) is 5.92 Å². The zero-order valence-electron chi connectivity index (χ0n) is 20.0. The van der Waals surface area contributed by atoms with Crippen molar-refractivity contribution < 1.29 is 27.1 Å². The van der Waals surface area contributed by atoms with Gasteiger partial charge in [-0.15, -0.1) is 5.10 Å². The van der Waals surface area contributed by atoms with E-state index in [1.54, 1.807) is 12.1 Å². The van der Waals surface area contributed by atoms with Gasteiger partial charge in [-0.1, -0.05) is 65.0 Å². The minimum absolute atomic E-state index is 0.126. The van der Waals surface area contributed by atoms with Gasteiger partial charge in [-0.3, -0.25) is 4.79 Å². The molecule has 0 aliphatic carbocycles. The summed E-state index contributed by atoms with van der Waals surface area (Å²) in [6.07, 6.45) is -5.81. The number of thiazole rings is 1. The average molecular weight is 556 g/mol. The molecule has 10 nitrogen and oxygen atoms in total. The minimum Gasteiger partial charge on any atom is -0.402 e. The summed E-state index contributed by atoms with van der Waals surface area (Å²) in [5, 5.41) is 15.5. The van der Waals surface area contributed by atoms with Crippen molar-refractivity contribution >= 4 is 39.7 Å². The van der Waals surface area contributed by atoms with Gasteiger partial charge in [-0.25, -0.2) is 9.98 Å². The highest BCUT2D eigenvalue weighted by Gasteiger charge is 2.37. The van der Waals surface area contributed by atoms with Gasteiger partial charge < -0.3 is 25.1 Å². The summed E-state index contributed by atoms with van der Waals surface area (Å²) < 4.78 is 51.0. The van der Waals surface area contributed by atoms with E-state index >= 15 is 0 Å². The SMILES string of the molecule is O=C1Nc2ccccc2C(c2ccccc2)=NC1Nc1nnc(-c2nc(C(F)(F)F)sc2NCC2COC2)o1. The largest absolute Gasteiger partial charge is 0.443 e. The van der Waals surface area contributed by atoms with Gasteiger partial charge >= 0.3 is 12.2 Å². The predicted octanol–water partition coefficient (Wildman–Crippen LogP) is 4.50. The molecular formula is C25H20F3N7O3S. The number of aliphatic imine (C=N–C) groups is 1. The second kappa shape index (κ2) is 10.1. The van der Waals surface area contributed by atoms with Crippen LogP contribution < -0.4 is 16.0 Å². The van der Waals surface area contributed by atoms with Crippen LogP contribution in [-0.2, 0) is 15.7 Å². The molecule has 4 aromatic rings. The molecule has 6 rings (SSSR count). The molecule has 2 aromatic heterocycles. The van der Waals surface area contributed by atoms with E-state index in [1.165, 1.54) is 0 Å². The van der Waals surface area contributed by atoms with Gasteiger partial charge in [0.2, 0.25) is 11.2 Å². The van der Waals surface area contributed by atoms with E-state index in [0.717, 1.165) is 11.1 Å². The molecule has 0 radical (unpaired) electrons. The molecule has 14 heteroatoms. The maximum Gasteiger partial charge on any atom is 0.443 e. The molecule has 1 atom stereocenters. The van der Waals surface area contributed by atoms with Gasteiger partial charge in [0.1, 0.15) is 5.00 Å². The molecule has 0 saturated carbocycles. The molecule has 39 heavy (non-hydrogen) atoms. The van der Waals surface area contributed by atoms with Crippen molar-refractivity contribution in [1.82, 2.24) is 15.2 Å². The van der Waals surface area contributed by atoms with E-state index in [1.807, 2.05) is 42.5 Å². The summed E-state index contributed by atoms with van der Waals surface area (Å²) in [6.45, 7) is 1.47. The molecule has 4 heterocycles. The lowest BCUT2D eigenvalue weighted by molar-refractivity contribution is -0.137. The van der Waals surface area contributed by atoms with Gasteiger partial charge in [0.25, 0.3) is 11.8 Å². The Hall–Kier alpha value is -4.30. The number of ether oxygens (including phenoxy) is 1. The van der Waals surface area contributed by atoms with E-state index in [-0.39, 0.29) is 28.5 Å². The Kier molecular flexibility index (Phi) is 6.48. The Morgan fingerprint density at radius 3 is 2.56 bits per heavy atom. The number of para-hydroxylation sites is 1. The van der Waals surface area contributed by atoms with Gasteiger partial charge in [0, 0.05) is 23.6 Å². The third-order valence-corrected chi connectivity index (χ3v) is 7.07. The summed E-state index contributed by atoms with van der Waals surface area (Å²) in [7, 11) is 0. The number of fused-ring (bicyclic) bond motifs is 1. The highest BCUT2D eigenvalue weighted by atomic mass is 32.1. The standard InChI is InChI=1S/C25H20F3N7O3S/c26-25(27,28)23-32-18(22(39-23)29-10-13-11-37-12-13)21-34-35-24(38-21)33-19-20(36)30-16-9-5-4-8-15(16)17(31-19)14-6-2-1-3-7-14/h1-9,13,19,29H,10-12H2,(H,30,36)(H,33,35). The Morgan fingerprint density at radius 2 is 1.82 bits per heavy atom. The van der Waals surface area contributed by atoms with E-state index in [9.17, 15) is 18.0 Å². The molecule has 2 aliphatic heterocycles.